The Morgan fingerprint density at radius 2 is 1.95 bits per heavy atom. The molecular formula is C15H17N5. The number of para-hydroxylation sites is 1. The highest BCUT2D eigenvalue weighted by atomic mass is 15.4. The van der Waals surface area contributed by atoms with Gasteiger partial charge in [0.05, 0.1) is 11.4 Å². The summed E-state index contributed by atoms with van der Waals surface area (Å²) in [5.41, 5.74) is 3.19. The zero-order valence-corrected chi connectivity index (χ0v) is 11.6. The van der Waals surface area contributed by atoms with Crippen LogP contribution in [0.4, 0.5) is 0 Å². The fourth-order valence-electron chi connectivity index (χ4n) is 2.31. The van der Waals surface area contributed by atoms with E-state index < -0.39 is 0 Å². The highest BCUT2D eigenvalue weighted by molar-refractivity contribution is 5.45. The second-order valence-electron chi connectivity index (χ2n) is 4.62. The van der Waals surface area contributed by atoms with Crippen LogP contribution in [0, 0.1) is 6.92 Å². The van der Waals surface area contributed by atoms with Gasteiger partial charge in [-0.25, -0.2) is 9.36 Å². The van der Waals surface area contributed by atoms with Crippen molar-refractivity contribution < 1.29 is 0 Å². The van der Waals surface area contributed by atoms with Crippen molar-refractivity contribution in [2.75, 3.05) is 7.05 Å². The van der Waals surface area contributed by atoms with E-state index in [1.807, 2.05) is 65.9 Å². The second kappa shape index (κ2) is 5.30. The SMILES string of the molecule is CNCc1c(C)nn(-c2ccccc2)c1-n1cccn1. The van der Waals surface area contributed by atoms with Crippen LogP contribution in [0.2, 0.25) is 0 Å². The lowest BCUT2D eigenvalue weighted by Crippen LogP contribution is -2.12. The first-order chi connectivity index (χ1) is 9.81. The first-order valence-corrected chi connectivity index (χ1v) is 6.60. The van der Waals surface area contributed by atoms with Crippen LogP contribution in [0.3, 0.4) is 0 Å². The topological polar surface area (TPSA) is 47.7 Å². The van der Waals surface area contributed by atoms with Crippen LogP contribution in [0.25, 0.3) is 11.5 Å². The summed E-state index contributed by atoms with van der Waals surface area (Å²) in [5.74, 6) is 0.980. The number of hydrogen-bond acceptors (Lipinski definition) is 3. The van der Waals surface area contributed by atoms with Crippen molar-refractivity contribution in [1.82, 2.24) is 24.9 Å². The number of rotatable bonds is 4. The molecule has 0 amide bonds. The van der Waals surface area contributed by atoms with Crippen molar-refractivity contribution in [3.8, 4) is 11.5 Å². The van der Waals surface area contributed by atoms with Gasteiger partial charge in [0.1, 0.15) is 0 Å². The highest BCUT2D eigenvalue weighted by Crippen LogP contribution is 2.21. The van der Waals surface area contributed by atoms with Gasteiger partial charge < -0.3 is 5.32 Å². The second-order valence-corrected chi connectivity index (χ2v) is 4.62. The van der Waals surface area contributed by atoms with Crippen LogP contribution >= 0.6 is 0 Å². The lowest BCUT2D eigenvalue weighted by Gasteiger charge is -2.09. The summed E-state index contributed by atoms with van der Waals surface area (Å²) >= 11 is 0. The Labute approximate surface area is 117 Å². The number of aromatic nitrogens is 4. The molecule has 2 heterocycles. The third kappa shape index (κ3) is 2.12. The van der Waals surface area contributed by atoms with E-state index in [1.54, 1.807) is 6.20 Å². The van der Waals surface area contributed by atoms with E-state index in [1.165, 1.54) is 0 Å². The van der Waals surface area contributed by atoms with Crippen LogP contribution < -0.4 is 5.32 Å². The first-order valence-electron chi connectivity index (χ1n) is 6.60. The molecule has 3 aromatic rings. The monoisotopic (exact) mass is 267 g/mol. The van der Waals surface area contributed by atoms with Crippen LogP contribution in [-0.4, -0.2) is 26.6 Å². The van der Waals surface area contributed by atoms with E-state index in [0.717, 1.165) is 29.3 Å². The Kier molecular flexibility index (Phi) is 3.35. The summed E-state index contributed by atoms with van der Waals surface area (Å²) in [6.07, 6.45) is 3.72. The van der Waals surface area contributed by atoms with Crippen molar-refractivity contribution in [2.24, 2.45) is 0 Å². The average Bonchev–Trinajstić information content (AvgIpc) is 3.09. The molecule has 0 unspecified atom stereocenters. The highest BCUT2D eigenvalue weighted by Gasteiger charge is 2.17. The lowest BCUT2D eigenvalue weighted by atomic mass is 10.2. The van der Waals surface area contributed by atoms with E-state index in [4.69, 9.17) is 0 Å². The molecule has 0 radical (unpaired) electrons. The summed E-state index contributed by atoms with van der Waals surface area (Å²) in [7, 11) is 1.94. The molecule has 2 aromatic heterocycles. The molecule has 3 rings (SSSR count). The molecule has 0 saturated heterocycles. The zero-order valence-electron chi connectivity index (χ0n) is 11.6. The minimum Gasteiger partial charge on any atom is -0.315 e. The van der Waals surface area contributed by atoms with Gasteiger partial charge in [-0.05, 0) is 32.2 Å². The molecule has 1 N–H and O–H groups in total. The van der Waals surface area contributed by atoms with E-state index in [-0.39, 0.29) is 0 Å². The quantitative estimate of drug-likeness (QED) is 0.787. The summed E-state index contributed by atoms with van der Waals surface area (Å²) in [6.45, 7) is 2.78. The van der Waals surface area contributed by atoms with Crippen molar-refractivity contribution in [3.63, 3.8) is 0 Å². The van der Waals surface area contributed by atoms with Crippen molar-refractivity contribution in [3.05, 3.63) is 60.0 Å². The zero-order chi connectivity index (χ0) is 13.9. The van der Waals surface area contributed by atoms with Crippen molar-refractivity contribution in [1.29, 1.82) is 0 Å². The molecule has 1 aromatic carbocycles. The number of aryl methyl sites for hydroxylation is 1. The number of nitrogens with one attached hydrogen (secondary N) is 1. The van der Waals surface area contributed by atoms with E-state index in [0.29, 0.717) is 0 Å². The molecule has 0 bridgehead atoms. The van der Waals surface area contributed by atoms with E-state index >= 15 is 0 Å². The molecule has 0 aliphatic rings. The average molecular weight is 267 g/mol. The largest absolute Gasteiger partial charge is 0.315 e. The van der Waals surface area contributed by atoms with Gasteiger partial charge >= 0.3 is 0 Å². The normalized spacial score (nSPS) is 10.9. The standard InChI is InChI=1S/C15H17N5/c1-12-14(11-16-2)15(19-10-6-9-17-19)20(18-12)13-7-4-3-5-8-13/h3-10,16H,11H2,1-2H3. The molecule has 5 nitrogen and oxygen atoms in total. The molecular weight excluding hydrogens is 250 g/mol. The summed E-state index contributed by atoms with van der Waals surface area (Å²) < 4.78 is 3.80. The van der Waals surface area contributed by atoms with Crippen molar-refractivity contribution >= 4 is 0 Å². The number of nitrogens with zero attached hydrogens (tertiary/aromatic N) is 4. The van der Waals surface area contributed by atoms with Gasteiger partial charge in [0.2, 0.25) is 0 Å². The lowest BCUT2D eigenvalue weighted by molar-refractivity contribution is 0.744. The predicted molar refractivity (Wildman–Crippen MR) is 78.2 cm³/mol. The predicted octanol–water partition coefficient (Wildman–Crippen LogP) is 2.09. The van der Waals surface area contributed by atoms with Gasteiger partial charge in [0.25, 0.3) is 0 Å². The fraction of sp³-hybridized carbons (Fsp3) is 0.200. The Hall–Kier alpha value is -2.40. The Bertz CT molecular complexity index is 683. The van der Waals surface area contributed by atoms with Gasteiger partial charge in [-0.15, -0.1) is 0 Å². The maximum atomic E-state index is 4.67. The Balaban J connectivity index is 2.22. The van der Waals surface area contributed by atoms with Crippen molar-refractivity contribution in [2.45, 2.75) is 13.5 Å². The molecule has 0 aliphatic carbocycles. The minimum atomic E-state index is 0.758. The Morgan fingerprint density at radius 3 is 2.60 bits per heavy atom. The molecule has 0 atom stereocenters. The molecule has 0 spiro atoms. The molecule has 0 saturated carbocycles. The molecule has 0 fully saturated rings. The first kappa shape index (κ1) is 12.6. The molecule has 5 heteroatoms. The molecule has 102 valence electrons. The summed E-state index contributed by atoms with van der Waals surface area (Å²) in [6, 6.07) is 12.0. The fourth-order valence-corrected chi connectivity index (χ4v) is 2.31. The maximum absolute atomic E-state index is 4.67. The van der Waals surface area contributed by atoms with Gasteiger partial charge in [-0.1, -0.05) is 18.2 Å². The number of benzene rings is 1. The smallest absolute Gasteiger partial charge is 0.161 e. The van der Waals surface area contributed by atoms with E-state index in [2.05, 4.69) is 15.5 Å². The summed E-state index contributed by atoms with van der Waals surface area (Å²) in [4.78, 5) is 0. The van der Waals surface area contributed by atoms with E-state index in [9.17, 15) is 0 Å². The number of hydrogen-bond donors (Lipinski definition) is 1. The minimum absolute atomic E-state index is 0.758. The van der Waals surface area contributed by atoms with Crippen LogP contribution in [-0.2, 0) is 6.54 Å². The van der Waals surface area contributed by atoms with Gasteiger partial charge in [-0.3, -0.25) is 0 Å². The van der Waals surface area contributed by atoms with Crippen LogP contribution in [0.5, 0.6) is 0 Å². The molecule has 20 heavy (non-hydrogen) atoms. The maximum Gasteiger partial charge on any atom is 0.161 e. The van der Waals surface area contributed by atoms with Gasteiger partial charge in [-0.2, -0.15) is 10.2 Å². The van der Waals surface area contributed by atoms with Gasteiger partial charge in [0, 0.05) is 24.5 Å². The third-order valence-corrected chi connectivity index (χ3v) is 3.23. The van der Waals surface area contributed by atoms with Crippen LogP contribution in [0.15, 0.2) is 48.8 Å². The molecule has 0 aliphatic heterocycles. The summed E-state index contributed by atoms with van der Waals surface area (Å²) in [5, 5.41) is 12.2. The third-order valence-electron chi connectivity index (χ3n) is 3.23. The van der Waals surface area contributed by atoms with Gasteiger partial charge in [0.15, 0.2) is 5.82 Å². The Morgan fingerprint density at radius 1 is 1.15 bits per heavy atom. The van der Waals surface area contributed by atoms with Crippen LogP contribution in [0.1, 0.15) is 11.3 Å².